The molecule has 1 aliphatic carbocycles. The first-order valence-electron chi connectivity index (χ1n) is 8.44. The van der Waals surface area contributed by atoms with Crippen LogP contribution in [0.4, 0.5) is 0 Å². The fourth-order valence-electron chi connectivity index (χ4n) is 5.11. The zero-order chi connectivity index (χ0) is 15.3. The lowest BCUT2D eigenvalue weighted by molar-refractivity contribution is 0.0808. The molecule has 0 radical (unpaired) electrons. The Labute approximate surface area is 129 Å². The van der Waals surface area contributed by atoms with Crippen LogP contribution in [-0.4, -0.2) is 55.1 Å². The van der Waals surface area contributed by atoms with Crippen molar-refractivity contribution in [2.75, 3.05) is 25.9 Å². The lowest BCUT2D eigenvalue weighted by Gasteiger charge is -2.42. The third kappa shape index (κ3) is 3.02. The molecule has 0 unspecified atom stereocenters. The van der Waals surface area contributed by atoms with E-state index in [-0.39, 0.29) is 11.0 Å². The van der Waals surface area contributed by atoms with Gasteiger partial charge in [0.25, 0.3) is 0 Å². The van der Waals surface area contributed by atoms with Gasteiger partial charge in [0.05, 0.1) is 6.26 Å². The quantitative estimate of drug-likeness (QED) is 0.786. The highest BCUT2D eigenvalue weighted by Crippen LogP contribution is 2.49. The molecule has 3 fully saturated rings. The fourth-order valence-corrected chi connectivity index (χ4v) is 6.59. The number of rotatable bonds is 2. The topological polar surface area (TPSA) is 40.6 Å². The summed E-state index contributed by atoms with van der Waals surface area (Å²) in [4.78, 5) is 2.67. The molecule has 0 amide bonds. The molecule has 0 aromatic rings. The van der Waals surface area contributed by atoms with Crippen LogP contribution < -0.4 is 0 Å². The Hall–Kier alpha value is -0.130. The molecule has 0 aromatic carbocycles. The highest BCUT2D eigenvalue weighted by Gasteiger charge is 2.52. The van der Waals surface area contributed by atoms with Gasteiger partial charge < -0.3 is 4.90 Å². The molecular formula is C16H30N2O2S. The maximum atomic E-state index is 12.1. The Balaban J connectivity index is 1.68. The molecule has 2 saturated heterocycles. The zero-order valence-electron chi connectivity index (χ0n) is 13.8. The summed E-state index contributed by atoms with van der Waals surface area (Å²) in [6.07, 6.45) is 10.2. The summed E-state index contributed by atoms with van der Waals surface area (Å²) in [7, 11) is -3.09. The molecule has 122 valence electrons. The first-order valence-corrected chi connectivity index (χ1v) is 10.3. The van der Waals surface area contributed by atoms with Gasteiger partial charge in [0.2, 0.25) is 10.0 Å². The monoisotopic (exact) mass is 314 g/mol. The molecule has 21 heavy (non-hydrogen) atoms. The number of hydrogen-bond donors (Lipinski definition) is 0. The Bertz CT molecular complexity index is 486. The Morgan fingerprint density at radius 1 is 1.05 bits per heavy atom. The molecule has 2 aliphatic heterocycles. The molecule has 3 aliphatic rings. The molecule has 0 aromatic heterocycles. The molecule has 0 atom stereocenters. The van der Waals surface area contributed by atoms with E-state index >= 15 is 0 Å². The number of piperidine rings is 1. The van der Waals surface area contributed by atoms with Crippen LogP contribution in [0.15, 0.2) is 0 Å². The fraction of sp³-hybridized carbons (Fsp3) is 1.00. The average molecular weight is 314 g/mol. The molecular weight excluding hydrogens is 284 g/mol. The van der Waals surface area contributed by atoms with E-state index in [0.29, 0.717) is 0 Å². The standard InChI is InChI=1S/C16H30N2O2S/c1-15(2)12-16(13-18(15)21(3,19)20)8-10-17(11-9-16)14-6-4-5-7-14/h14H,4-13H2,1-3H3. The maximum Gasteiger partial charge on any atom is 0.211 e. The predicted molar refractivity (Wildman–Crippen MR) is 85.7 cm³/mol. The Kier molecular flexibility index (Phi) is 3.90. The lowest BCUT2D eigenvalue weighted by Crippen LogP contribution is -2.45. The van der Waals surface area contributed by atoms with Crippen LogP contribution in [0, 0.1) is 5.41 Å². The van der Waals surface area contributed by atoms with Gasteiger partial charge >= 0.3 is 0 Å². The summed E-state index contributed by atoms with van der Waals surface area (Å²) in [6.45, 7) is 7.24. The van der Waals surface area contributed by atoms with Crippen LogP contribution in [0.2, 0.25) is 0 Å². The van der Waals surface area contributed by atoms with Gasteiger partial charge in [0.15, 0.2) is 0 Å². The number of hydrogen-bond acceptors (Lipinski definition) is 3. The minimum absolute atomic E-state index is 0.219. The van der Waals surface area contributed by atoms with E-state index in [1.165, 1.54) is 57.9 Å². The van der Waals surface area contributed by atoms with Crippen molar-refractivity contribution in [1.29, 1.82) is 0 Å². The van der Waals surface area contributed by atoms with Gasteiger partial charge in [0.1, 0.15) is 0 Å². The molecule has 5 heteroatoms. The first-order chi connectivity index (χ1) is 9.72. The number of nitrogens with zero attached hydrogens (tertiary/aromatic N) is 2. The van der Waals surface area contributed by atoms with E-state index in [2.05, 4.69) is 18.7 Å². The maximum absolute atomic E-state index is 12.1. The molecule has 1 spiro atoms. The van der Waals surface area contributed by atoms with Gasteiger partial charge in [-0.25, -0.2) is 8.42 Å². The van der Waals surface area contributed by atoms with Gasteiger partial charge in [-0.2, -0.15) is 4.31 Å². The van der Waals surface area contributed by atoms with Crippen molar-refractivity contribution < 1.29 is 8.42 Å². The molecule has 0 bridgehead atoms. The van der Waals surface area contributed by atoms with Crippen molar-refractivity contribution in [1.82, 2.24) is 9.21 Å². The second-order valence-electron chi connectivity index (χ2n) is 8.23. The first kappa shape index (κ1) is 15.8. The normalized spacial score (nSPS) is 31.2. The molecule has 0 N–H and O–H groups in total. The van der Waals surface area contributed by atoms with Crippen LogP contribution in [0.25, 0.3) is 0 Å². The van der Waals surface area contributed by atoms with Crippen molar-refractivity contribution in [2.24, 2.45) is 5.41 Å². The van der Waals surface area contributed by atoms with E-state index in [9.17, 15) is 8.42 Å². The van der Waals surface area contributed by atoms with Crippen molar-refractivity contribution >= 4 is 10.0 Å². The van der Waals surface area contributed by atoms with Gasteiger partial charge in [0, 0.05) is 18.1 Å². The number of likely N-dealkylation sites (tertiary alicyclic amines) is 1. The highest BCUT2D eigenvalue weighted by molar-refractivity contribution is 7.88. The van der Waals surface area contributed by atoms with Crippen LogP contribution in [0.3, 0.4) is 0 Å². The van der Waals surface area contributed by atoms with Crippen molar-refractivity contribution in [3.8, 4) is 0 Å². The predicted octanol–water partition coefficient (Wildman–Crippen LogP) is 2.46. The van der Waals surface area contributed by atoms with E-state index in [4.69, 9.17) is 0 Å². The lowest BCUT2D eigenvalue weighted by atomic mass is 9.74. The van der Waals surface area contributed by atoms with Crippen molar-refractivity contribution in [3.63, 3.8) is 0 Å². The van der Waals surface area contributed by atoms with Crippen LogP contribution in [0.5, 0.6) is 0 Å². The second-order valence-corrected chi connectivity index (χ2v) is 10.1. The largest absolute Gasteiger partial charge is 0.300 e. The van der Waals surface area contributed by atoms with Crippen LogP contribution in [0.1, 0.15) is 58.8 Å². The average Bonchev–Trinajstić information content (AvgIpc) is 2.96. The van der Waals surface area contributed by atoms with Gasteiger partial charge in [-0.3, -0.25) is 0 Å². The summed E-state index contributed by atoms with van der Waals surface area (Å²) in [5.41, 5.74) is 0.00476. The third-order valence-electron chi connectivity index (χ3n) is 6.06. The SMILES string of the molecule is CC1(C)CC2(CCN(C3CCCC3)CC2)CN1S(C)(=O)=O. The third-order valence-corrected chi connectivity index (χ3v) is 7.49. The molecule has 1 saturated carbocycles. The molecule has 2 heterocycles. The minimum Gasteiger partial charge on any atom is -0.300 e. The van der Waals surface area contributed by atoms with Crippen LogP contribution in [-0.2, 0) is 10.0 Å². The van der Waals surface area contributed by atoms with E-state index in [1.807, 2.05) is 0 Å². The summed E-state index contributed by atoms with van der Waals surface area (Å²) in [5, 5.41) is 0. The van der Waals surface area contributed by atoms with Crippen molar-refractivity contribution in [3.05, 3.63) is 0 Å². The van der Waals surface area contributed by atoms with Gasteiger partial charge in [-0.1, -0.05) is 12.8 Å². The van der Waals surface area contributed by atoms with Gasteiger partial charge in [-0.15, -0.1) is 0 Å². The summed E-state index contributed by atoms with van der Waals surface area (Å²) in [6, 6.07) is 0.808. The van der Waals surface area contributed by atoms with E-state index in [0.717, 1.165) is 19.0 Å². The van der Waals surface area contributed by atoms with E-state index in [1.54, 1.807) is 4.31 Å². The zero-order valence-corrected chi connectivity index (χ0v) is 14.6. The summed E-state index contributed by atoms with van der Waals surface area (Å²) >= 11 is 0. The summed E-state index contributed by atoms with van der Waals surface area (Å²) < 4.78 is 25.9. The Morgan fingerprint density at radius 3 is 2.10 bits per heavy atom. The highest BCUT2D eigenvalue weighted by atomic mass is 32.2. The van der Waals surface area contributed by atoms with E-state index < -0.39 is 10.0 Å². The molecule has 4 nitrogen and oxygen atoms in total. The smallest absolute Gasteiger partial charge is 0.211 e. The number of sulfonamides is 1. The summed E-state index contributed by atoms with van der Waals surface area (Å²) in [5.74, 6) is 0. The Morgan fingerprint density at radius 2 is 1.62 bits per heavy atom. The minimum atomic E-state index is -3.09. The molecule has 3 rings (SSSR count). The van der Waals surface area contributed by atoms with Gasteiger partial charge in [-0.05, 0) is 64.5 Å². The van der Waals surface area contributed by atoms with Crippen LogP contribution >= 0.6 is 0 Å². The van der Waals surface area contributed by atoms with Crippen molar-refractivity contribution in [2.45, 2.75) is 70.4 Å². The second kappa shape index (κ2) is 5.20.